The van der Waals surface area contributed by atoms with Gasteiger partial charge in [-0.25, -0.2) is 0 Å². The number of rotatable bonds is 5. The van der Waals surface area contributed by atoms with E-state index in [0.717, 1.165) is 18.6 Å². The van der Waals surface area contributed by atoms with Crippen molar-refractivity contribution in [2.45, 2.75) is 25.4 Å². The zero-order valence-electron chi connectivity index (χ0n) is 9.48. The third-order valence-electron chi connectivity index (χ3n) is 2.83. The predicted octanol–water partition coefficient (Wildman–Crippen LogP) is 1.70. The molecule has 1 heterocycles. The predicted molar refractivity (Wildman–Crippen MR) is 62.2 cm³/mol. The molecule has 1 saturated heterocycles. The molecule has 3 heteroatoms. The largest absolute Gasteiger partial charge is 0.371 e. The molecule has 2 rings (SSSR count). The molecule has 2 atom stereocenters. The van der Waals surface area contributed by atoms with E-state index in [0.29, 0.717) is 6.54 Å². The Morgan fingerprint density at radius 3 is 2.75 bits per heavy atom. The summed E-state index contributed by atoms with van der Waals surface area (Å²) in [6, 6.07) is 9.90. The van der Waals surface area contributed by atoms with Gasteiger partial charge in [0.1, 0.15) is 0 Å². The Hall–Kier alpha value is -1.35. The minimum atomic E-state index is -0.0417. The van der Waals surface area contributed by atoms with Gasteiger partial charge < -0.3 is 10.1 Å². The third-order valence-corrected chi connectivity index (χ3v) is 2.83. The van der Waals surface area contributed by atoms with E-state index < -0.39 is 0 Å². The fourth-order valence-electron chi connectivity index (χ4n) is 1.78. The number of amides is 1. The third kappa shape index (κ3) is 2.83. The van der Waals surface area contributed by atoms with Crippen molar-refractivity contribution >= 4 is 5.91 Å². The van der Waals surface area contributed by atoms with Gasteiger partial charge in [0, 0.05) is 6.54 Å². The molecule has 0 radical (unpaired) electrons. The average Bonchev–Trinajstić information content (AvgIpc) is 3.13. The standard InChI is InChI=1S/C13H17NO2/c1-2-12(10-6-4-3-5-7-10)13(15)14-8-11-9-16-11/h3-7,11-12H,2,8-9H2,1H3,(H,14,15). The molecule has 1 aliphatic rings. The maximum atomic E-state index is 11.9. The van der Waals surface area contributed by atoms with Crippen LogP contribution in [0.1, 0.15) is 24.8 Å². The molecule has 1 N–H and O–H groups in total. The fourth-order valence-corrected chi connectivity index (χ4v) is 1.78. The van der Waals surface area contributed by atoms with Crippen LogP contribution in [0.2, 0.25) is 0 Å². The van der Waals surface area contributed by atoms with Crippen LogP contribution in [0.3, 0.4) is 0 Å². The SMILES string of the molecule is CCC(C(=O)NCC1CO1)c1ccccc1. The maximum Gasteiger partial charge on any atom is 0.227 e. The first kappa shape index (κ1) is 11.1. The highest BCUT2D eigenvalue weighted by atomic mass is 16.6. The molecule has 1 fully saturated rings. The second-order valence-electron chi connectivity index (χ2n) is 4.07. The Kier molecular flexibility index (Phi) is 3.57. The number of epoxide rings is 1. The van der Waals surface area contributed by atoms with Crippen LogP contribution in [0, 0.1) is 0 Å². The Bertz CT molecular complexity index is 346. The summed E-state index contributed by atoms with van der Waals surface area (Å²) in [5.74, 6) is 0.0594. The van der Waals surface area contributed by atoms with E-state index in [1.807, 2.05) is 37.3 Å². The van der Waals surface area contributed by atoms with Crippen molar-refractivity contribution in [2.75, 3.05) is 13.2 Å². The van der Waals surface area contributed by atoms with E-state index in [-0.39, 0.29) is 17.9 Å². The number of carbonyl (C=O) groups excluding carboxylic acids is 1. The van der Waals surface area contributed by atoms with Gasteiger partial charge in [0.05, 0.1) is 18.6 Å². The number of benzene rings is 1. The molecule has 16 heavy (non-hydrogen) atoms. The van der Waals surface area contributed by atoms with E-state index in [1.165, 1.54) is 0 Å². The van der Waals surface area contributed by atoms with Gasteiger partial charge in [-0.3, -0.25) is 4.79 Å². The summed E-state index contributed by atoms with van der Waals surface area (Å²) in [7, 11) is 0. The van der Waals surface area contributed by atoms with E-state index in [4.69, 9.17) is 4.74 Å². The van der Waals surface area contributed by atoms with Crippen LogP contribution < -0.4 is 5.32 Å². The minimum Gasteiger partial charge on any atom is -0.371 e. The molecule has 86 valence electrons. The average molecular weight is 219 g/mol. The van der Waals surface area contributed by atoms with E-state index in [1.54, 1.807) is 0 Å². The summed E-state index contributed by atoms with van der Waals surface area (Å²) in [6.45, 7) is 3.45. The summed E-state index contributed by atoms with van der Waals surface area (Å²) in [4.78, 5) is 11.9. The molecule has 1 aromatic carbocycles. The van der Waals surface area contributed by atoms with E-state index >= 15 is 0 Å². The van der Waals surface area contributed by atoms with Crippen LogP contribution in [-0.2, 0) is 9.53 Å². The number of carbonyl (C=O) groups is 1. The summed E-state index contributed by atoms with van der Waals surface area (Å²) < 4.78 is 5.06. The van der Waals surface area contributed by atoms with Crippen LogP contribution in [0.25, 0.3) is 0 Å². The molecule has 1 amide bonds. The fraction of sp³-hybridized carbons (Fsp3) is 0.462. The first-order valence-electron chi connectivity index (χ1n) is 5.75. The maximum absolute atomic E-state index is 11.9. The molecule has 0 aromatic heterocycles. The number of ether oxygens (including phenoxy) is 1. The van der Waals surface area contributed by atoms with Crippen LogP contribution >= 0.6 is 0 Å². The lowest BCUT2D eigenvalue weighted by molar-refractivity contribution is -0.122. The Labute approximate surface area is 95.8 Å². The summed E-state index contributed by atoms with van der Waals surface area (Å²) in [5.41, 5.74) is 1.08. The Morgan fingerprint density at radius 1 is 1.50 bits per heavy atom. The lowest BCUT2D eigenvalue weighted by Crippen LogP contribution is -2.32. The zero-order valence-corrected chi connectivity index (χ0v) is 9.48. The Morgan fingerprint density at radius 2 is 2.19 bits per heavy atom. The van der Waals surface area contributed by atoms with Gasteiger partial charge in [0.15, 0.2) is 0 Å². The second-order valence-corrected chi connectivity index (χ2v) is 4.07. The topological polar surface area (TPSA) is 41.6 Å². The first-order valence-corrected chi connectivity index (χ1v) is 5.75. The second kappa shape index (κ2) is 5.12. The quantitative estimate of drug-likeness (QED) is 0.766. The van der Waals surface area contributed by atoms with Crippen molar-refractivity contribution in [3.63, 3.8) is 0 Å². The van der Waals surface area contributed by atoms with Gasteiger partial charge in [-0.05, 0) is 12.0 Å². The highest BCUT2D eigenvalue weighted by Gasteiger charge is 2.25. The monoisotopic (exact) mass is 219 g/mol. The molecule has 0 aliphatic carbocycles. The van der Waals surface area contributed by atoms with Crippen LogP contribution in [0.4, 0.5) is 0 Å². The van der Waals surface area contributed by atoms with E-state index in [9.17, 15) is 4.79 Å². The zero-order chi connectivity index (χ0) is 11.4. The number of hydrogen-bond donors (Lipinski definition) is 1. The summed E-state index contributed by atoms with van der Waals surface area (Å²) >= 11 is 0. The van der Waals surface area contributed by atoms with E-state index in [2.05, 4.69) is 5.32 Å². The molecule has 0 saturated carbocycles. The molecule has 2 unspecified atom stereocenters. The molecule has 3 nitrogen and oxygen atoms in total. The van der Waals surface area contributed by atoms with Gasteiger partial charge in [-0.2, -0.15) is 0 Å². The number of nitrogens with one attached hydrogen (secondary N) is 1. The van der Waals surface area contributed by atoms with Crippen molar-refractivity contribution in [3.8, 4) is 0 Å². The Balaban J connectivity index is 1.95. The van der Waals surface area contributed by atoms with Gasteiger partial charge in [0.2, 0.25) is 5.91 Å². The normalized spacial score (nSPS) is 20.2. The first-order chi connectivity index (χ1) is 7.81. The van der Waals surface area contributed by atoms with Crippen LogP contribution in [-0.4, -0.2) is 25.2 Å². The van der Waals surface area contributed by atoms with Gasteiger partial charge in [0.25, 0.3) is 0 Å². The molecule has 0 bridgehead atoms. The highest BCUT2D eigenvalue weighted by Crippen LogP contribution is 2.19. The highest BCUT2D eigenvalue weighted by molar-refractivity contribution is 5.83. The summed E-state index contributed by atoms with van der Waals surface area (Å²) in [6.07, 6.45) is 1.07. The smallest absolute Gasteiger partial charge is 0.227 e. The van der Waals surface area contributed by atoms with Gasteiger partial charge in [-0.1, -0.05) is 37.3 Å². The van der Waals surface area contributed by atoms with Crippen LogP contribution in [0.15, 0.2) is 30.3 Å². The minimum absolute atomic E-state index is 0.0417. The number of hydrogen-bond acceptors (Lipinski definition) is 2. The van der Waals surface area contributed by atoms with Crippen LogP contribution in [0.5, 0.6) is 0 Å². The molecular weight excluding hydrogens is 202 g/mol. The molecular formula is C13H17NO2. The van der Waals surface area contributed by atoms with Gasteiger partial charge >= 0.3 is 0 Å². The molecule has 0 spiro atoms. The molecule has 1 aromatic rings. The van der Waals surface area contributed by atoms with Gasteiger partial charge in [-0.15, -0.1) is 0 Å². The summed E-state index contributed by atoms with van der Waals surface area (Å²) in [5, 5.41) is 2.93. The van der Waals surface area contributed by atoms with Crippen molar-refractivity contribution in [1.29, 1.82) is 0 Å². The van der Waals surface area contributed by atoms with Crippen molar-refractivity contribution in [1.82, 2.24) is 5.32 Å². The molecule has 1 aliphatic heterocycles. The van der Waals surface area contributed by atoms with Crippen molar-refractivity contribution in [2.24, 2.45) is 0 Å². The lowest BCUT2D eigenvalue weighted by Gasteiger charge is -2.14. The van der Waals surface area contributed by atoms with Crippen molar-refractivity contribution < 1.29 is 9.53 Å². The lowest BCUT2D eigenvalue weighted by atomic mass is 9.96. The van der Waals surface area contributed by atoms with Crippen molar-refractivity contribution in [3.05, 3.63) is 35.9 Å².